The van der Waals surface area contributed by atoms with Crippen LogP contribution in [0.25, 0.3) is 0 Å². The summed E-state index contributed by atoms with van der Waals surface area (Å²) in [5.41, 5.74) is 1.03. The summed E-state index contributed by atoms with van der Waals surface area (Å²) in [7, 11) is 0. The van der Waals surface area contributed by atoms with E-state index in [9.17, 15) is 8.76 Å². The molecular weight excluding hydrogens is 224 g/mol. The maximum Gasteiger partial charge on any atom is 0.0466 e. The van der Waals surface area contributed by atoms with Crippen LogP contribution in [0.5, 0.6) is 0 Å². The molecule has 90 valence electrons. The smallest absolute Gasteiger partial charge is 0.0466 e. The number of aromatic nitrogens is 1. The van der Waals surface area contributed by atoms with E-state index in [0.717, 1.165) is 18.4 Å². The lowest BCUT2D eigenvalue weighted by atomic mass is 10.1. The molecule has 1 fully saturated rings. The van der Waals surface area contributed by atoms with Gasteiger partial charge in [-0.2, -0.15) is 0 Å². The number of hydrogen-bond donors (Lipinski definition) is 0. The molecule has 0 amide bonds. The molecule has 1 aliphatic rings. The van der Waals surface area contributed by atoms with Gasteiger partial charge in [-0.1, -0.05) is 13.8 Å². The van der Waals surface area contributed by atoms with Crippen LogP contribution in [0.4, 0.5) is 0 Å². The third-order valence-electron chi connectivity index (χ3n) is 2.49. The average Bonchev–Trinajstić information content (AvgIpc) is 2.82. The van der Waals surface area contributed by atoms with Crippen LogP contribution in [-0.4, -0.2) is 24.6 Å². The summed E-state index contributed by atoms with van der Waals surface area (Å²) in [6.07, 6.45) is 5.22. The summed E-state index contributed by atoms with van der Waals surface area (Å²) < 4.78 is 23.3. The zero-order valence-corrected chi connectivity index (χ0v) is 10.4. The van der Waals surface area contributed by atoms with Crippen molar-refractivity contribution < 1.29 is 8.76 Å². The Hall–Kier alpha value is -0.780. The fourth-order valence-corrected chi connectivity index (χ4v) is 2.55. The summed E-state index contributed by atoms with van der Waals surface area (Å²) in [6.45, 7) is 4.63. The minimum atomic E-state index is -2.11. The lowest BCUT2D eigenvalue weighted by Crippen LogP contribution is -2.25. The maximum atomic E-state index is 10.9. The Balaban J connectivity index is 0.000000606. The van der Waals surface area contributed by atoms with Crippen LogP contribution in [0.1, 0.15) is 38.3 Å². The van der Waals surface area contributed by atoms with E-state index in [-0.39, 0.29) is 6.04 Å². The van der Waals surface area contributed by atoms with E-state index < -0.39 is 11.3 Å². The molecule has 5 heteroatoms. The van der Waals surface area contributed by atoms with Crippen molar-refractivity contribution in [3.05, 3.63) is 30.1 Å². The minimum absolute atomic E-state index is 0.0105. The summed E-state index contributed by atoms with van der Waals surface area (Å²) in [6, 6.07) is 3.75. The second kappa shape index (κ2) is 6.73. The lowest BCUT2D eigenvalue weighted by Gasteiger charge is -2.25. The number of rotatable bonds is 2. The first kappa shape index (κ1) is 13.3. The topological polar surface area (TPSA) is 56.3 Å². The molecule has 0 spiro atoms. The molecule has 0 N–H and O–H groups in total. The first-order valence-corrected chi connectivity index (χ1v) is 6.58. The number of hydrogen-bond acceptors (Lipinski definition) is 3. The van der Waals surface area contributed by atoms with Crippen molar-refractivity contribution in [2.45, 2.75) is 32.7 Å². The Kier molecular flexibility index (Phi) is 5.59. The molecule has 1 aliphatic heterocycles. The molecular formula is C11H17N2O2S-. The first-order valence-electron chi connectivity index (χ1n) is 5.55. The largest absolute Gasteiger partial charge is 0.760 e. The van der Waals surface area contributed by atoms with Crippen molar-refractivity contribution in [3.8, 4) is 0 Å². The van der Waals surface area contributed by atoms with Crippen LogP contribution >= 0.6 is 0 Å². The van der Waals surface area contributed by atoms with Gasteiger partial charge in [-0.3, -0.25) is 9.19 Å². The van der Waals surface area contributed by atoms with E-state index in [1.54, 1.807) is 12.4 Å². The fourth-order valence-electron chi connectivity index (χ4n) is 1.84. The third kappa shape index (κ3) is 3.10. The molecule has 0 bridgehead atoms. The van der Waals surface area contributed by atoms with Crippen molar-refractivity contribution >= 4 is 11.3 Å². The molecule has 1 unspecified atom stereocenters. The normalized spacial score (nSPS) is 22.3. The summed E-state index contributed by atoms with van der Waals surface area (Å²) in [4.78, 5) is 3.91. The molecule has 2 atom stereocenters. The van der Waals surface area contributed by atoms with Gasteiger partial charge in [0.05, 0.1) is 0 Å². The van der Waals surface area contributed by atoms with Gasteiger partial charge in [-0.15, -0.1) is 0 Å². The highest BCUT2D eigenvalue weighted by atomic mass is 32.2. The monoisotopic (exact) mass is 241 g/mol. The van der Waals surface area contributed by atoms with E-state index >= 15 is 0 Å². The van der Waals surface area contributed by atoms with Gasteiger partial charge in [0.1, 0.15) is 0 Å². The summed E-state index contributed by atoms with van der Waals surface area (Å²) in [5, 5.41) is 0. The van der Waals surface area contributed by atoms with Crippen LogP contribution in [0.3, 0.4) is 0 Å². The van der Waals surface area contributed by atoms with Gasteiger partial charge in [0.15, 0.2) is 0 Å². The van der Waals surface area contributed by atoms with Crippen LogP contribution in [0.15, 0.2) is 24.5 Å². The number of nitrogens with zero attached hydrogens (tertiary/aromatic N) is 2. The highest BCUT2D eigenvalue weighted by molar-refractivity contribution is 7.76. The Morgan fingerprint density at radius 3 is 2.62 bits per heavy atom. The van der Waals surface area contributed by atoms with Gasteiger partial charge in [-0.25, -0.2) is 4.31 Å². The second-order valence-electron chi connectivity index (χ2n) is 3.30. The predicted molar refractivity (Wildman–Crippen MR) is 63.2 cm³/mol. The van der Waals surface area contributed by atoms with Crippen LogP contribution in [0, 0.1) is 0 Å². The molecule has 0 saturated carbocycles. The second-order valence-corrected chi connectivity index (χ2v) is 4.20. The number of pyridine rings is 1. The van der Waals surface area contributed by atoms with E-state index in [2.05, 4.69) is 4.98 Å². The Labute approximate surface area is 99.1 Å². The molecule has 1 aromatic rings. The molecule has 1 saturated heterocycles. The molecule has 0 aromatic carbocycles. The SMILES string of the molecule is CC.O=S([O-])N1CCC[C@@H]1c1ccncc1. The highest BCUT2D eigenvalue weighted by Gasteiger charge is 2.26. The standard InChI is InChI=1S/C9H12N2O2S.C2H6/c12-14(13)11-7-1-2-9(11)8-3-5-10-6-4-8;1-2/h3-6,9H,1-2,7H2,(H,12,13);1-2H3/p-1/t9-;/m1./s1. The zero-order valence-electron chi connectivity index (χ0n) is 9.63. The van der Waals surface area contributed by atoms with Crippen LogP contribution in [-0.2, 0) is 11.3 Å². The molecule has 2 rings (SSSR count). The van der Waals surface area contributed by atoms with Crippen LogP contribution in [0.2, 0.25) is 0 Å². The fraction of sp³-hybridized carbons (Fsp3) is 0.545. The van der Waals surface area contributed by atoms with Gasteiger partial charge in [0.25, 0.3) is 0 Å². The lowest BCUT2D eigenvalue weighted by molar-refractivity contribution is 0.375. The van der Waals surface area contributed by atoms with Crippen LogP contribution < -0.4 is 0 Å². The average molecular weight is 241 g/mol. The first-order chi connectivity index (χ1) is 7.79. The van der Waals surface area contributed by atoms with Crippen molar-refractivity contribution in [1.82, 2.24) is 9.29 Å². The maximum absolute atomic E-state index is 10.9. The Morgan fingerprint density at radius 2 is 2.06 bits per heavy atom. The Morgan fingerprint density at radius 1 is 1.44 bits per heavy atom. The van der Waals surface area contributed by atoms with Crippen molar-refractivity contribution in [1.29, 1.82) is 0 Å². The minimum Gasteiger partial charge on any atom is -0.760 e. The third-order valence-corrected chi connectivity index (χ3v) is 3.31. The molecule has 16 heavy (non-hydrogen) atoms. The van der Waals surface area contributed by atoms with Gasteiger partial charge in [0.2, 0.25) is 0 Å². The molecule has 0 radical (unpaired) electrons. The van der Waals surface area contributed by atoms with Gasteiger partial charge < -0.3 is 4.55 Å². The highest BCUT2D eigenvalue weighted by Crippen LogP contribution is 2.31. The van der Waals surface area contributed by atoms with Gasteiger partial charge >= 0.3 is 0 Å². The molecule has 4 nitrogen and oxygen atoms in total. The van der Waals surface area contributed by atoms with Gasteiger partial charge in [0, 0.05) is 36.2 Å². The molecule has 1 aromatic heterocycles. The van der Waals surface area contributed by atoms with Gasteiger partial charge in [-0.05, 0) is 30.5 Å². The Bertz CT molecular complexity index is 332. The van der Waals surface area contributed by atoms with Crippen molar-refractivity contribution in [3.63, 3.8) is 0 Å². The molecule has 2 heterocycles. The van der Waals surface area contributed by atoms with Crippen molar-refractivity contribution in [2.75, 3.05) is 6.54 Å². The quantitative estimate of drug-likeness (QED) is 0.744. The van der Waals surface area contributed by atoms with E-state index in [1.165, 1.54) is 4.31 Å². The molecule has 0 aliphatic carbocycles. The van der Waals surface area contributed by atoms with E-state index in [4.69, 9.17) is 0 Å². The summed E-state index contributed by atoms with van der Waals surface area (Å²) >= 11 is -2.11. The predicted octanol–water partition coefficient (Wildman–Crippen LogP) is 2.04. The van der Waals surface area contributed by atoms with E-state index in [0.29, 0.717) is 6.54 Å². The zero-order chi connectivity index (χ0) is 12.0. The van der Waals surface area contributed by atoms with Crippen molar-refractivity contribution in [2.24, 2.45) is 0 Å². The summed E-state index contributed by atoms with van der Waals surface area (Å²) in [5.74, 6) is 0. The van der Waals surface area contributed by atoms with E-state index in [1.807, 2.05) is 26.0 Å².